The lowest BCUT2D eigenvalue weighted by atomic mass is 9.83. The molecule has 0 aliphatic carbocycles. The molecule has 0 radical (unpaired) electrons. The number of nitrogens with one attached hydrogen (secondary N) is 1. The molecule has 0 aliphatic heterocycles. The highest BCUT2D eigenvalue weighted by molar-refractivity contribution is 5.84. The minimum atomic E-state index is -0.734. The Bertz CT molecular complexity index is 389. The van der Waals surface area contributed by atoms with Gasteiger partial charge in [-0.25, -0.2) is 0 Å². The fraction of sp³-hybridized carbons (Fsp3) is 0.727. The summed E-state index contributed by atoms with van der Waals surface area (Å²) >= 11 is 0. The van der Waals surface area contributed by atoms with Crippen LogP contribution in [0.2, 0.25) is 0 Å². The molecule has 1 aromatic heterocycles. The number of hydrogen-bond donors (Lipinski definition) is 2. The Labute approximate surface area is 101 Å². The highest BCUT2D eigenvalue weighted by atomic mass is 16.5. The molecule has 0 fully saturated rings. The van der Waals surface area contributed by atoms with Gasteiger partial charge in [0, 0.05) is 0 Å². The van der Waals surface area contributed by atoms with Crippen LogP contribution < -0.4 is 11.1 Å². The van der Waals surface area contributed by atoms with Gasteiger partial charge in [0.2, 0.25) is 11.8 Å². The first-order valence-corrected chi connectivity index (χ1v) is 5.76. The van der Waals surface area contributed by atoms with Crippen LogP contribution in [0.4, 0.5) is 0 Å². The zero-order chi connectivity index (χ0) is 13.1. The second-order valence-corrected chi connectivity index (χ2v) is 4.43. The molecule has 0 saturated heterocycles. The standard InChI is InChI=1S/C11H20N4O2/c1-5-11(7(2)3,10(12)16)13-6-9-14-8(4)15-17-9/h7,13H,5-6H2,1-4H3,(H2,12,16)/t11-/m0/s1. The number of carbonyl (C=O) groups excluding carboxylic acids is 1. The van der Waals surface area contributed by atoms with Crippen molar-refractivity contribution in [3.63, 3.8) is 0 Å². The molecule has 0 saturated carbocycles. The molecule has 0 aliphatic rings. The number of rotatable bonds is 6. The molecular weight excluding hydrogens is 220 g/mol. The number of primary amides is 1. The van der Waals surface area contributed by atoms with Gasteiger partial charge in [-0.3, -0.25) is 10.1 Å². The summed E-state index contributed by atoms with van der Waals surface area (Å²) in [6, 6.07) is 0. The van der Waals surface area contributed by atoms with Crippen LogP contribution in [0.5, 0.6) is 0 Å². The van der Waals surface area contributed by atoms with E-state index in [4.69, 9.17) is 10.3 Å². The number of nitrogens with two attached hydrogens (primary N) is 1. The number of hydrogen-bond acceptors (Lipinski definition) is 5. The topological polar surface area (TPSA) is 94.0 Å². The average Bonchev–Trinajstić information content (AvgIpc) is 2.65. The molecule has 1 heterocycles. The van der Waals surface area contributed by atoms with Gasteiger partial charge >= 0.3 is 0 Å². The van der Waals surface area contributed by atoms with E-state index in [2.05, 4.69) is 15.5 Å². The van der Waals surface area contributed by atoms with Crippen molar-refractivity contribution in [2.75, 3.05) is 0 Å². The van der Waals surface area contributed by atoms with E-state index in [0.717, 1.165) is 0 Å². The zero-order valence-corrected chi connectivity index (χ0v) is 10.8. The Morgan fingerprint density at radius 3 is 2.59 bits per heavy atom. The van der Waals surface area contributed by atoms with Crippen molar-refractivity contribution < 1.29 is 9.32 Å². The lowest BCUT2D eigenvalue weighted by Crippen LogP contribution is -2.58. The summed E-state index contributed by atoms with van der Waals surface area (Å²) in [6.45, 7) is 7.93. The van der Waals surface area contributed by atoms with E-state index >= 15 is 0 Å². The molecule has 0 unspecified atom stereocenters. The third kappa shape index (κ3) is 2.82. The Kier molecular flexibility index (Phi) is 4.22. The van der Waals surface area contributed by atoms with Crippen molar-refractivity contribution >= 4 is 5.91 Å². The summed E-state index contributed by atoms with van der Waals surface area (Å²) in [6.07, 6.45) is 0.618. The van der Waals surface area contributed by atoms with Crippen LogP contribution in [0, 0.1) is 12.8 Å². The number of aryl methyl sites for hydroxylation is 1. The molecule has 1 atom stereocenters. The average molecular weight is 240 g/mol. The molecule has 1 aromatic rings. The molecular formula is C11H20N4O2. The molecule has 96 valence electrons. The first-order valence-electron chi connectivity index (χ1n) is 5.76. The van der Waals surface area contributed by atoms with E-state index in [9.17, 15) is 4.79 Å². The monoisotopic (exact) mass is 240 g/mol. The first kappa shape index (κ1) is 13.6. The maximum absolute atomic E-state index is 11.6. The van der Waals surface area contributed by atoms with Gasteiger partial charge in [0.15, 0.2) is 5.82 Å². The summed E-state index contributed by atoms with van der Waals surface area (Å²) in [5, 5.41) is 6.83. The van der Waals surface area contributed by atoms with Gasteiger partial charge in [-0.1, -0.05) is 25.9 Å². The molecule has 6 heteroatoms. The van der Waals surface area contributed by atoms with Gasteiger partial charge in [0.1, 0.15) is 5.54 Å². The van der Waals surface area contributed by atoms with Crippen molar-refractivity contribution in [1.82, 2.24) is 15.5 Å². The molecule has 0 aromatic carbocycles. The minimum absolute atomic E-state index is 0.0917. The Morgan fingerprint density at radius 1 is 1.59 bits per heavy atom. The zero-order valence-electron chi connectivity index (χ0n) is 10.8. The SMILES string of the molecule is CC[C@@](NCc1nc(C)no1)(C(N)=O)C(C)C. The number of amides is 1. The Morgan fingerprint density at radius 2 is 2.24 bits per heavy atom. The van der Waals surface area contributed by atoms with Gasteiger partial charge in [0.25, 0.3) is 0 Å². The predicted octanol–water partition coefficient (Wildman–Crippen LogP) is 0.758. The number of nitrogens with zero attached hydrogens (tertiary/aromatic N) is 2. The quantitative estimate of drug-likeness (QED) is 0.765. The predicted molar refractivity (Wildman–Crippen MR) is 62.9 cm³/mol. The van der Waals surface area contributed by atoms with Crippen molar-refractivity contribution in [2.24, 2.45) is 11.7 Å². The largest absolute Gasteiger partial charge is 0.368 e. The minimum Gasteiger partial charge on any atom is -0.368 e. The Hall–Kier alpha value is -1.43. The van der Waals surface area contributed by atoms with E-state index in [0.29, 0.717) is 24.7 Å². The summed E-state index contributed by atoms with van der Waals surface area (Å²) in [7, 11) is 0. The lowest BCUT2D eigenvalue weighted by molar-refractivity contribution is -0.126. The summed E-state index contributed by atoms with van der Waals surface area (Å²) < 4.78 is 4.99. The lowest BCUT2D eigenvalue weighted by Gasteiger charge is -2.34. The molecule has 1 rings (SSSR count). The van der Waals surface area contributed by atoms with Crippen molar-refractivity contribution in [3.8, 4) is 0 Å². The molecule has 0 spiro atoms. The van der Waals surface area contributed by atoms with Crippen LogP contribution in [-0.2, 0) is 11.3 Å². The second-order valence-electron chi connectivity index (χ2n) is 4.43. The van der Waals surface area contributed by atoms with Gasteiger partial charge < -0.3 is 10.3 Å². The third-order valence-corrected chi connectivity index (χ3v) is 3.11. The van der Waals surface area contributed by atoms with Crippen LogP contribution in [0.3, 0.4) is 0 Å². The second kappa shape index (κ2) is 5.27. The first-order chi connectivity index (χ1) is 7.92. The molecule has 17 heavy (non-hydrogen) atoms. The number of aromatic nitrogens is 2. The van der Waals surface area contributed by atoms with E-state index in [1.807, 2.05) is 20.8 Å². The molecule has 0 bridgehead atoms. The van der Waals surface area contributed by atoms with Crippen LogP contribution in [-0.4, -0.2) is 21.6 Å². The third-order valence-electron chi connectivity index (χ3n) is 3.11. The smallest absolute Gasteiger partial charge is 0.240 e. The van der Waals surface area contributed by atoms with Crippen molar-refractivity contribution in [1.29, 1.82) is 0 Å². The van der Waals surface area contributed by atoms with Gasteiger partial charge in [-0.15, -0.1) is 0 Å². The van der Waals surface area contributed by atoms with Crippen LogP contribution in [0.15, 0.2) is 4.52 Å². The van der Waals surface area contributed by atoms with Gasteiger partial charge in [-0.2, -0.15) is 4.98 Å². The fourth-order valence-corrected chi connectivity index (χ4v) is 1.93. The highest BCUT2D eigenvalue weighted by Gasteiger charge is 2.37. The highest BCUT2D eigenvalue weighted by Crippen LogP contribution is 2.21. The van der Waals surface area contributed by atoms with Crippen molar-refractivity contribution in [2.45, 2.75) is 46.2 Å². The van der Waals surface area contributed by atoms with E-state index < -0.39 is 5.54 Å². The van der Waals surface area contributed by atoms with E-state index in [1.165, 1.54) is 0 Å². The van der Waals surface area contributed by atoms with Crippen LogP contribution in [0.25, 0.3) is 0 Å². The normalized spacial score (nSPS) is 14.9. The molecule has 1 amide bonds. The van der Waals surface area contributed by atoms with E-state index in [1.54, 1.807) is 6.92 Å². The molecule has 3 N–H and O–H groups in total. The Balaban J connectivity index is 2.77. The van der Waals surface area contributed by atoms with Gasteiger partial charge in [-0.05, 0) is 19.3 Å². The fourth-order valence-electron chi connectivity index (χ4n) is 1.93. The van der Waals surface area contributed by atoms with Crippen LogP contribution >= 0.6 is 0 Å². The van der Waals surface area contributed by atoms with E-state index in [-0.39, 0.29) is 11.8 Å². The summed E-state index contributed by atoms with van der Waals surface area (Å²) in [5.41, 5.74) is 4.75. The summed E-state index contributed by atoms with van der Waals surface area (Å²) in [5.74, 6) is 0.773. The van der Waals surface area contributed by atoms with Crippen LogP contribution in [0.1, 0.15) is 38.9 Å². The van der Waals surface area contributed by atoms with Crippen molar-refractivity contribution in [3.05, 3.63) is 11.7 Å². The molecule has 6 nitrogen and oxygen atoms in total. The van der Waals surface area contributed by atoms with Gasteiger partial charge in [0.05, 0.1) is 6.54 Å². The maximum Gasteiger partial charge on any atom is 0.240 e. The number of carbonyl (C=O) groups is 1. The maximum atomic E-state index is 11.6. The summed E-state index contributed by atoms with van der Waals surface area (Å²) in [4.78, 5) is 15.7.